The first-order chi connectivity index (χ1) is 10.1. The normalized spacial score (nSPS) is 18.4. The van der Waals surface area contributed by atoms with Gasteiger partial charge in [0.1, 0.15) is 11.9 Å². The monoisotopic (exact) mass is 293 g/mol. The highest BCUT2D eigenvalue weighted by Gasteiger charge is 2.30. The molecule has 2 amide bonds. The zero-order valence-electron chi connectivity index (χ0n) is 12.1. The van der Waals surface area contributed by atoms with Crippen LogP contribution in [0.25, 0.3) is 0 Å². The SMILES string of the molecule is CNC(=O)[C@@H]1CNCCN1C(=O)CCc1ccc(F)cc1. The zero-order valence-corrected chi connectivity index (χ0v) is 12.1. The number of nitrogens with one attached hydrogen (secondary N) is 2. The predicted molar refractivity (Wildman–Crippen MR) is 77.2 cm³/mol. The molecule has 1 saturated heterocycles. The minimum atomic E-state index is -0.454. The summed E-state index contributed by atoms with van der Waals surface area (Å²) in [5.74, 6) is -0.487. The number of piperazine rings is 1. The van der Waals surface area contributed by atoms with Gasteiger partial charge >= 0.3 is 0 Å². The number of halogens is 1. The number of amides is 2. The van der Waals surface area contributed by atoms with Crippen LogP contribution in [-0.4, -0.2) is 49.4 Å². The first-order valence-corrected chi connectivity index (χ1v) is 7.08. The van der Waals surface area contributed by atoms with E-state index in [1.807, 2.05) is 0 Å². The molecular weight excluding hydrogens is 273 g/mol. The lowest BCUT2D eigenvalue weighted by molar-refractivity contribution is -0.141. The van der Waals surface area contributed by atoms with Crippen LogP contribution in [-0.2, 0) is 16.0 Å². The molecule has 1 heterocycles. The lowest BCUT2D eigenvalue weighted by atomic mass is 10.1. The average Bonchev–Trinajstić information content (AvgIpc) is 2.53. The smallest absolute Gasteiger partial charge is 0.243 e. The molecule has 2 rings (SSSR count). The Morgan fingerprint density at radius 2 is 2.10 bits per heavy atom. The van der Waals surface area contributed by atoms with Crippen LogP contribution >= 0.6 is 0 Å². The molecule has 114 valence electrons. The van der Waals surface area contributed by atoms with E-state index in [-0.39, 0.29) is 17.6 Å². The number of rotatable bonds is 4. The molecule has 0 aliphatic carbocycles. The Hall–Kier alpha value is -1.95. The van der Waals surface area contributed by atoms with Gasteiger partial charge in [-0.05, 0) is 24.1 Å². The summed E-state index contributed by atoms with van der Waals surface area (Å²) in [6, 6.07) is 5.67. The van der Waals surface area contributed by atoms with Crippen molar-refractivity contribution in [2.75, 3.05) is 26.7 Å². The third-order valence-electron chi connectivity index (χ3n) is 3.65. The predicted octanol–water partition coefficient (Wildman–Crippen LogP) is 0.305. The molecule has 0 saturated carbocycles. The van der Waals surface area contributed by atoms with E-state index in [2.05, 4.69) is 10.6 Å². The largest absolute Gasteiger partial charge is 0.357 e. The molecule has 1 aromatic rings. The van der Waals surface area contributed by atoms with E-state index in [0.717, 1.165) is 5.56 Å². The topological polar surface area (TPSA) is 61.4 Å². The van der Waals surface area contributed by atoms with Crippen LogP contribution in [0.1, 0.15) is 12.0 Å². The Balaban J connectivity index is 1.94. The van der Waals surface area contributed by atoms with Gasteiger partial charge < -0.3 is 15.5 Å². The van der Waals surface area contributed by atoms with Crippen LogP contribution in [0.3, 0.4) is 0 Å². The minimum absolute atomic E-state index is 0.0468. The van der Waals surface area contributed by atoms with E-state index in [0.29, 0.717) is 32.5 Å². The molecule has 21 heavy (non-hydrogen) atoms. The minimum Gasteiger partial charge on any atom is -0.357 e. The van der Waals surface area contributed by atoms with Gasteiger partial charge in [0.15, 0.2) is 0 Å². The quantitative estimate of drug-likeness (QED) is 0.839. The standard InChI is InChI=1S/C15H20FN3O2/c1-17-15(21)13-10-18-8-9-19(13)14(20)7-4-11-2-5-12(16)6-3-11/h2-3,5-6,13,18H,4,7-10H2,1H3,(H,17,21)/t13-/m0/s1. The van der Waals surface area contributed by atoms with Crippen LogP contribution in [0, 0.1) is 5.82 Å². The summed E-state index contributed by atoms with van der Waals surface area (Å²) < 4.78 is 12.8. The van der Waals surface area contributed by atoms with E-state index >= 15 is 0 Å². The molecule has 5 nitrogen and oxygen atoms in total. The van der Waals surface area contributed by atoms with E-state index in [1.165, 1.54) is 12.1 Å². The molecule has 0 spiro atoms. The first kappa shape index (κ1) is 15.4. The highest BCUT2D eigenvalue weighted by molar-refractivity contribution is 5.88. The van der Waals surface area contributed by atoms with E-state index in [4.69, 9.17) is 0 Å². The Morgan fingerprint density at radius 1 is 1.38 bits per heavy atom. The van der Waals surface area contributed by atoms with Crippen molar-refractivity contribution in [3.63, 3.8) is 0 Å². The maximum Gasteiger partial charge on any atom is 0.243 e. The fourth-order valence-electron chi connectivity index (χ4n) is 2.45. The van der Waals surface area contributed by atoms with Crippen molar-refractivity contribution in [3.8, 4) is 0 Å². The second-order valence-electron chi connectivity index (χ2n) is 5.05. The van der Waals surface area contributed by atoms with Gasteiger partial charge in [0.05, 0.1) is 0 Å². The summed E-state index contributed by atoms with van der Waals surface area (Å²) in [5, 5.41) is 5.70. The maximum absolute atomic E-state index is 12.8. The molecule has 0 aromatic heterocycles. The lowest BCUT2D eigenvalue weighted by Gasteiger charge is -2.35. The van der Waals surface area contributed by atoms with Gasteiger partial charge in [-0.3, -0.25) is 9.59 Å². The molecule has 1 atom stereocenters. The first-order valence-electron chi connectivity index (χ1n) is 7.08. The molecule has 6 heteroatoms. The molecule has 1 fully saturated rings. The number of benzene rings is 1. The van der Waals surface area contributed by atoms with Gasteiger partial charge in [-0.15, -0.1) is 0 Å². The molecule has 1 aromatic carbocycles. The van der Waals surface area contributed by atoms with Crippen molar-refractivity contribution in [2.45, 2.75) is 18.9 Å². The van der Waals surface area contributed by atoms with E-state index < -0.39 is 6.04 Å². The lowest BCUT2D eigenvalue weighted by Crippen LogP contribution is -2.59. The van der Waals surface area contributed by atoms with Gasteiger partial charge in [0, 0.05) is 33.1 Å². The number of likely N-dealkylation sites (N-methyl/N-ethyl adjacent to an activating group) is 1. The fourth-order valence-corrected chi connectivity index (χ4v) is 2.45. The van der Waals surface area contributed by atoms with E-state index in [9.17, 15) is 14.0 Å². The second-order valence-corrected chi connectivity index (χ2v) is 5.05. The average molecular weight is 293 g/mol. The molecule has 2 N–H and O–H groups in total. The summed E-state index contributed by atoms with van der Waals surface area (Å²) in [5.41, 5.74) is 0.913. The third kappa shape index (κ3) is 4.01. The van der Waals surface area contributed by atoms with Crippen LogP contribution in [0.5, 0.6) is 0 Å². The van der Waals surface area contributed by atoms with Gasteiger partial charge in [-0.2, -0.15) is 0 Å². The number of nitrogens with zero attached hydrogens (tertiary/aromatic N) is 1. The van der Waals surface area contributed by atoms with Crippen molar-refractivity contribution < 1.29 is 14.0 Å². The highest BCUT2D eigenvalue weighted by atomic mass is 19.1. The van der Waals surface area contributed by atoms with Crippen molar-refractivity contribution in [1.82, 2.24) is 15.5 Å². The van der Waals surface area contributed by atoms with Gasteiger partial charge in [-0.1, -0.05) is 12.1 Å². The van der Waals surface area contributed by atoms with Crippen molar-refractivity contribution >= 4 is 11.8 Å². The third-order valence-corrected chi connectivity index (χ3v) is 3.65. The highest BCUT2D eigenvalue weighted by Crippen LogP contribution is 2.10. The number of carbonyl (C=O) groups excluding carboxylic acids is 2. The summed E-state index contributed by atoms with van der Waals surface area (Å²) in [7, 11) is 1.57. The van der Waals surface area contributed by atoms with Crippen LogP contribution in [0.15, 0.2) is 24.3 Å². The fraction of sp³-hybridized carbons (Fsp3) is 0.467. The summed E-state index contributed by atoms with van der Waals surface area (Å²) >= 11 is 0. The molecule has 1 aliphatic rings. The molecule has 0 bridgehead atoms. The molecule has 0 radical (unpaired) electrons. The van der Waals surface area contributed by atoms with Gasteiger partial charge in [0.2, 0.25) is 11.8 Å². The van der Waals surface area contributed by atoms with Crippen molar-refractivity contribution in [2.24, 2.45) is 0 Å². The summed E-state index contributed by atoms with van der Waals surface area (Å²) in [6.45, 7) is 1.69. The summed E-state index contributed by atoms with van der Waals surface area (Å²) in [4.78, 5) is 25.7. The second kappa shape index (κ2) is 7.17. The van der Waals surface area contributed by atoms with Crippen molar-refractivity contribution in [1.29, 1.82) is 0 Å². The Bertz CT molecular complexity index is 504. The summed E-state index contributed by atoms with van der Waals surface area (Å²) in [6.07, 6.45) is 0.864. The zero-order chi connectivity index (χ0) is 15.2. The van der Waals surface area contributed by atoms with Crippen LogP contribution < -0.4 is 10.6 Å². The maximum atomic E-state index is 12.8. The molecule has 0 unspecified atom stereocenters. The number of aryl methyl sites for hydroxylation is 1. The number of hydrogen-bond acceptors (Lipinski definition) is 3. The van der Waals surface area contributed by atoms with Gasteiger partial charge in [0.25, 0.3) is 0 Å². The van der Waals surface area contributed by atoms with E-state index in [1.54, 1.807) is 24.1 Å². The Morgan fingerprint density at radius 3 is 2.76 bits per heavy atom. The molecular formula is C15H20FN3O2. The van der Waals surface area contributed by atoms with Crippen LogP contribution in [0.2, 0.25) is 0 Å². The Kier molecular flexibility index (Phi) is 5.27. The number of carbonyl (C=O) groups is 2. The van der Waals surface area contributed by atoms with Crippen LogP contribution in [0.4, 0.5) is 4.39 Å². The Labute approximate surface area is 123 Å². The number of hydrogen-bond donors (Lipinski definition) is 2. The molecule has 1 aliphatic heterocycles. The van der Waals surface area contributed by atoms with Crippen molar-refractivity contribution in [3.05, 3.63) is 35.6 Å². The van der Waals surface area contributed by atoms with Gasteiger partial charge in [-0.25, -0.2) is 4.39 Å².